The Morgan fingerprint density at radius 1 is 0.340 bits per heavy atom. The van der Waals surface area contributed by atoms with Gasteiger partial charge in [0.25, 0.3) is 0 Å². The van der Waals surface area contributed by atoms with Crippen LogP contribution in [-0.4, -0.2) is 0 Å². The van der Waals surface area contributed by atoms with Gasteiger partial charge in [-0.15, -0.1) is 22.7 Å². The molecular weight excluding hydrogens is 641 g/mol. The Kier molecular flexibility index (Phi) is 6.97. The highest BCUT2D eigenvalue weighted by Gasteiger charge is 2.14. The lowest BCUT2D eigenvalue weighted by Gasteiger charge is -2.11. The number of rotatable bonds is 2. The zero-order valence-electron chi connectivity index (χ0n) is 27.1. The molecule has 234 valence electrons. The van der Waals surface area contributed by atoms with Crippen LogP contribution in [0.25, 0.3) is 96.3 Å². The zero-order valence-corrected chi connectivity index (χ0v) is 28.8. The average Bonchev–Trinajstić information content (AvgIpc) is 3.79. The van der Waals surface area contributed by atoms with E-state index in [1.807, 2.05) is 11.3 Å². The van der Waals surface area contributed by atoms with E-state index < -0.39 is 0 Å². The van der Waals surface area contributed by atoms with Crippen LogP contribution in [0.5, 0.6) is 0 Å². The van der Waals surface area contributed by atoms with Gasteiger partial charge in [-0.25, -0.2) is 0 Å². The van der Waals surface area contributed by atoms with E-state index in [1.54, 1.807) is 11.3 Å². The smallest absolute Gasteiger partial charge is 0.0440 e. The van der Waals surface area contributed by atoms with Crippen LogP contribution >= 0.6 is 22.7 Å². The van der Waals surface area contributed by atoms with Gasteiger partial charge >= 0.3 is 0 Å². The van der Waals surface area contributed by atoms with Crippen molar-refractivity contribution in [3.63, 3.8) is 0 Å². The van der Waals surface area contributed by atoms with Crippen LogP contribution < -0.4 is 0 Å². The standard InChI is InChI=1S/C24H14S.C24H16S/c1-2-9-17-15(7-1)16-8-3-4-11-19(16)23-20(17)13-14-21-18-10-5-6-12-22(18)25-24(21)23;1-2-8-20-17(7-1)15-18(21-9-3-4-11-23(20)21)13-14-19-16-25-24-12-6-5-10-22(19)24/h1-14H;1-16H/b;14-13+. The molecule has 0 fully saturated rings. The Balaban J connectivity index is 0.000000127. The van der Waals surface area contributed by atoms with E-state index in [1.165, 1.54) is 95.2 Å². The first-order chi connectivity index (χ1) is 24.8. The van der Waals surface area contributed by atoms with Crippen LogP contribution in [-0.2, 0) is 0 Å². The molecule has 0 saturated heterocycles. The predicted molar refractivity (Wildman–Crippen MR) is 224 cm³/mol. The van der Waals surface area contributed by atoms with Crippen LogP contribution in [0, 0.1) is 0 Å². The average molecular weight is 671 g/mol. The van der Waals surface area contributed by atoms with Crippen molar-refractivity contribution in [1.29, 1.82) is 0 Å². The molecule has 0 saturated carbocycles. The molecule has 0 amide bonds. The van der Waals surface area contributed by atoms with Crippen molar-refractivity contribution in [3.05, 3.63) is 180 Å². The van der Waals surface area contributed by atoms with Gasteiger partial charge in [0.2, 0.25) is 0 Å². The minimum Gasteiger partial charge on any atom is -0.143 e. The molecule has 50 heavy (non-hydrogen) atoms. The highest BCUT2D eigenvalue weighted by atomic mass is 32.1. The zero-order chi connectivity index (χ0) is 33.0. The fraction of sp³-hybridized carbons (Fsp3) is 0. The molecule has 9 aromatic carbocycles. The number of thiophene rings is 2. The molecule has 0 aliphatic carbocycles. The second kappa shape index (κ2) is 12.0. The summed E-state index contributed by atoms with van der Waals surface area (Å²) < 4.78 is 4.11. The van der Waals surface area contributed by atoms with E-state index in [4.69, 9.17) is 0 Å². The first kappa shape index (κ1) is 29.1. The van der Waals surface area contributed by atoms with Crippen molar-refractivity contribution in [2.24, 2.45) is 0 Å². The Labute approximate surface area is 297 Å². The Morgan fingerprint density at radius 2 is 0.820 bits per heavy atom. The van der Waals surface area contributed by atoms with Crippen molar-refractivity contribution in [2.75, 3.05) is 0 Å². The van der Waals surface area contributed by atoms with Gasteiger partial charge in [0, 0.05) is 30.3 Å². The molecule has 2 aromatic heterocycles. The maximum atomic E-state index is 2.31. The molecule has 0 aliphatic rings. The molecule has 2 heteroatoms. The van der Waals surface area contributed by atoms with Crippen molar-refractivity contribution >= 4 is 119 Å². The SMILES string of the molecule is C(=C\c1cc2ccccc2c2ccccc12)/c1csc2ccccc12.c1ccc2c(c1)sc1c2ccc2c3ccccc3c3ccccc3c21. The lowest BCUT2D eigenvalue weighted by molar-refractivity contribution is 1.74. The third-order valence-electron chi connectivity index (χ3n) is 10.0. The van der Waals surface area contributed by atoms with E-state index >= 15 is 0 Å². The highest BCUT2D eigenvalue weighted by Crippen LogP contribution is 2.44. The molecule has 11 rings (SSSR count). The summed E-state index contributed by atoms with van der Waals surface area (Å²) in [7, 11) is 0. The van der Waals surface area contributed by atoms with E-state index in [9.17, 15) is 0 Å². The molecule has 0 N–H and O–H groups in total. The molecule has 0 bridgehead atoms. The summed E-state index contributed by atoms with van der Waals surface area (Å²) in [4.78, 5) is 0. The summed E-state index contributed by atoms with van der Waals surface area (Å²) in [5.41, 5.74) is 2.56. The summed E-state index contributed by atoms with van der Waals surface area (Å²) >= 11 is 3.72. The van der Waals surface area contributed by atoms with E-state index in [-0.39, 0.29) is 0 Å². The molecule has 0 spiro atoms. The van der Waals surface area contributed by atoms with Crippen LogP contribution in [0.2, 0.25) is 0 Å². The lowest BCUT2D eigenvalue weighted by Crippen LogP contribution is -1.83. The Bertz CT molecular complexity index is 3070. The van der Waals surface area contributed by atoms with Crippen molar-refractivity contribution in [1.82, 2.24) is 0 Å². The molecule has 0 nitrogen and oxygen atoms in total. The van der Waals surface area contributed by atoms with Gasteiger partial charge in [0.15, 0.2) is 0 Å². The van der Waals surface area contributed by atoms with Crippen LogP contribution in [0.3, 0.4) is 0 Å². The van der Waals surface area contributed by atoms with Crippen molar-refractivity contribution in [2.45, 2.75) is 0 Å². The third kappa shape index (κ3) is 4.72. The van der Waals surface area contributed by atoms with Gasteiger partial charge < -0.3 is 0 Å². The summed E-state index contributed by atoms with van der Waals surface area (Å²) in [6.45, 7) is 0. The Hall–Kier alpha value is -5.80. The van der Waals surface area contributed by atoms with Gasteiger partial charge in [-0.2, -0.15) is 0 Å². The summed E-state index contributed by atoms with van der Waals surface area (Å²) in [5.74, 6) is 0. The summed E-state index contributed by atoms with van der Waals surface area (Å²) in [6.07, 6.45) is 4.50. The minimum absolute atomic E-state index is 1.27. The predicted octanol–water partition coefficient (Wildman–Crippen LogP) is 14.9. The Morgan fingerprint density at radius 3 is 1.56 bits per heavy atom. The number of benzene rings is 9. The minimum atomic E-state index is 1.27. The van der Waals surface area contributed by atoms with E-state index in [0.717, 1.165) is 0 Å². The van der Waals surface area contributed by atoms with E-state index in [0.29, 0.717) is 0 Å². The van der Waals surface area contributed by atoms with Crippen LogP contribution in [0.15, 0.2) is 169 Å². The number of hydrogen-bond donors (Lipinski definition) is 0. The summed E-state index contributed by atoms with van der Waals surface area (Å²) in [6, 6.07) is 59.1. The topological polar surface area (TPSA) is 0 Å². The van der Waals surface area contributed by atoms with Gasteiger partial charge in [-0.3, -0.25) is 0 Å². The fourth-order valence-corrected chi connectivity index (χ4v) is 9.89. The van der Waals surface area contributed by atoms with E-state index in [2.05, 4.69) is 181 Å². The molecule has 2 heterocycles. The highest BCUT2D eigenvalue weighted by molar-refractivity contribution is 7.26. The molecular formula is C48H30S2. The lowest BCUT2D eigenvalue weighted by atomic mass is 9.93. The molecule has 0 aliphatic heterocycles. The third-order valence-corrected chi connectivity index (χ3v) is 12.2. The summed E-state index contributed by atoms with van der Waals surface area (Å²) in [5, 5.41) is 19.7. The first-order valence-corrected chi connectivity index (χ1v) is 18.7. The maximum Gasteiger partial charge on any atom is 0.0440 e. The van der Waals surface area contributed by atoms with Gasteiger partial charge in [0.1, 0.15) is 0 Å². The van der Waals surface area contributed by atoms with Crippen molar-refractivity contribution < 1.29 is 0 Å². The molecule has 0 atom stereocenters. The van der Waals surface area contributed by atoms with Gasteiger partial charge in [-0.1, -0.05) is 158 Å². The monoisotopic (exact) mass is 670 g/mol. The van der Waals surface area contributed by atoms with Crippen LogP contribution in [0.1, 0.15) is 11.1 Å². The molecule has 0 unspecified atom stereocenters. The number of fused-ring (bicyclic) bond motifs is 14. The van der Waals surface area contributed by atoms with Crippen molar-refractivity contribution in [3.8, 4) is 0 Å². The quantitative estimate of drug-likeness (QED) is 0.161. The van der Waals surface area contributed by atoms with Gasteiger partial charge in [0.05, 0.1) is 0 Å². The first-order valence-electron chi connectivity index (χ1n) is 17.0. The number of hydrogen-bond acceptors (Lipinski definition) is 2. The maximum absolute atomic E-state index is 2.31. The normalized spacial score (nSPS) is 11.9. The second-order valence-electron chi connectivity index (χ2n) is 12.8. The van der Waals surface area contributed by atoms with Gasteiger partial charge in [-0.05, 0) is 88.6 Å². The molecule has 0 radical (unpaired) electrons. The largest absolute Gasteiger partial charge is 0.143 e. The second-order valence-corrected chi connectivity index (χ2v) is 14.8. The van der Waals surface area contributed by atoms with Crippen LogP contribution in [0.4, 0.5) is 0 Å². The fourth-order valence-electron chi connectivity index (χ4n) is 7.70. The molecule has 11 aromatic rings.